The molecule has 128 valence electrons. The van der Waals surface area contributed by atoms with Crippen LogP contribution in [0.5, 0.6) is 0 Å². The molecule has 2 aromatic rings. The lowest BCUT2D eigenvalue weighted by atomic mass is 10.0. The lowest BCUT2D eigenvalue weighted by Crippen LogP contribution is -2.33. The van der Waals surface area contributed by atoms with Crippen molar-refractivity contribution in [3.8, 4) is 0 Å². The maximum absolute atomic E-state index is 9.10. The second-order valence-electron chi connectivity index (χ2n) is 5.02. The number of hydrogen-bond donors (Lipinski definition) is 2. The minimum atomic E-state index is -1.82. The Morgan fingerprint density at radius 3 is 2.21 bits per heavy atom. The summed E-state index contributed by atoms with van der Waals surface area (Å²) in [4.78, 5) is 22.1. The molecule has 0 bridgehead atoms. The third-order valence-corrected chi connectivity index (χ3v) is 3.26. The highest BCUT2D eigenvalue weighted by atomic mass is 16.7. The Labute approximate surface area is 137 Å². The van der Waals surface area contributed by atoms with E-state index < -0.39 is 17.7 Å². The van der Waals surface area contributed by atoms with Crippen LogP contribution in [-0.4, -0.2) is 50.1 Å². The van der Waals surface area contributed by atoms with E-state index in [0.717, 1.165) is 5.56 Å². The molecule has 1 saturated heterocycles. The normalized spacial score (nSPS) is 15.4. The predicted octanol–water partition coefficient (Wildman–Crippen LogP) is 0.642. The highest BCUT2D eigenvalue weighted by molar-refractivity contribution is 6.27. The first-order valence-corrected chi connectivity index (χ1v) is 7.07. The lowest BCUT2D eigenvalue weighted by molar-refractivity contribution is -0.177. The molecule has 0 spiro atoms. The van der Waals surface area contributed by atoms with E-state index >= 15 is 0 Å². The van der Waals surface area contributed by atoms with Gasteiger partial charge in [-0.25, -0.2) is 19.3 Å². The summed E-state index contributed by atoms with van der Waals surface area (Å²) in [6.45, 7) is 3.77. The molecule has 1 aromatic carbocycles. The average molecular weight is 335 g/mol. The SMILES string of the molecule is Cc1ccc(C2(Cn3cncn3)OCCO2)cc1.O=C(O)C(=O)O. The molecule has 0 aliphatic carbocycles. The maximum atomic E-state index is 9.10. The lowest BCUT2D eigenvalue weighted by Gasteiger charge is -2.27. The number of aromatic nitrogens is 3. The van der Waals surface area contributed by atoms with Crippen LogP contribution in [0.2, 0.25) is 0 Å². The van der Waals surface area contributed by atoms with Gasteiger partial charge >= 0.3 is 11.9 Å². The van der Waals surface area contributed by atoms with Crippen molar-refractivity contribution in [2.75, 3.05) is 13.2 Å². The summed E-state index contributed by atoms with van der Waals surface area (Å²) in [7, 11) is 0. The van der Waals surface area contributed by atoms with Crippen LogP contribution in [0.1, 0.15) is 11.1 Å². The third kappa shape index (κ3) is 4.37. The summed E-state index contributed by atoms with van der Waals surface area (Å²) in [5.41, 5.74) is 2.23. The van der Waals surface area contributed by atoms with Gasteiger partial charge in [0.05, 0.1) is 13.2 Å². The van der Waals surface area contributed by atoms with Crippen LogP contribution in [0.25, 0.3) is 0 Å². The van der Waals surface area contributed by atoms with E-state index in [9.17, 15) is 0 Å². The Morgan fingerprint density at radius 2 is 1.75 bits per heavy atom. The Balaban J connectivity index is 0.000000301. The molecular weight excluding hydrogens is 318 g/mol. The molecule has 2 N–H and O–H groups in total. The van der Waals surface area contributed by atoms with Gasteiger partial charge in [0.15, 0.2) is 0 Å². The molecular formula is C15H17N3O6. The van der Waals surface area contributed by atoms with Gasteiger partial charge in [0.2, 0.25) is 5.79 Å². The summed E-state index contributed by atoms with van der Waals surface area (Å²) in [5.74, 6) is -4.38. The number of hydrogen-bond acceptors (Lipinski definition) is 6. The van der Waals surface area contributed by atoms with Crippen molar-refractivity contribution in [2.45, 2.75) is 19.3 Å². The fourth-order valence-electron chi connectivity index (χ4n) is 2.14. The number of aryl methyl sites for hydroxylation is 1. The fourth-order valence-corrected chi connectivity index (χ4v) is 2.14. The zero-order valence-electron chi connectivity index (χ0n) is 13.0. The van der Waals surface area contributed by atoms with Gasteiger partial charge in [-0.2, -0.15) is 5.10 Å². The predicted molar refractivity (Wildman–Crippen MR) is 80.1 cm³/mol. The Hall–Kier alpha value is -2.78. The summed E-state index contributed by atoms with van der Waals surface area (Å²) in [6.07, 6.45) is 3.18. The van der Waals surface area contributed by atoms with Gasteiger partial charge in [-0.05, 0) is 6.92 Å². The molecule has 24 heavy (non-hydrogen) atoms. The van der Waals surface area contributed by atoms with Gasteiger partial charge in [-0.1, -0.05) is 29.8 Å². The fraction of sp³-hybridized carbons (Fsp3) is 0.333. The highest BCUT2D eigenvalue weighted by Gasteiger charge is 2.39. The summed E-state index contributed by atoms with van der Waals surface area (Å²) in [5, 5.41) is 18.9. The number of carboxylic acids is 2. The molecule has 1 aliphatic rings. The zero-order chi connectivity index (χ0) is 17.6. The van der Waals surface area contributed by atoms with Gasteiger partial charge < -0.3 is 19.7 Å². The quantitative estimate of drug-likeness (QED) is 0.783. The molecule has 3 rings (SSSR count). The van der Waals surface area contributed by atoms with E-state index in [2.05, 4.69) is 29.1 Å². The molecule has 9 heteroatoms. The number of benzene rings is 1. The molecule has 0 amide bonds. The van der Waals surface area contributed by atoms with Crippen molar-refractivity contribution in [2.24, 2.45) is 0 Å². The van der Waals surface area contributed by atoms with Crippen molar-refractivity contribution in [3.05, 3.63) is 48.0 Å². The molecule has 1 aromatic heterocycles. The van der Waals surface area contributed by atoms with Gasteiger partial charge in [0.1, 0.15) is 19.2 Å². The third-order valence-electron chi connectivity index (χ3n) is 3.26. The average Bonchev–Trinajstić information content (AvgIpc) is 3.21. The largest absolute Gasteiger partial charge is 0.473 e. The van der Waals surface area contributed by atoms with Gasteiger partial charge in [0, 0.05) is 5.56 Å². The van der Waals surface area contributed by atoms with E-state index in [-0.39, 0.29) is 0 Å². The Morgan fingerprint density at radius 1 is 1.17 bits per heavy atom. The van der Waals surface area contributed by atoms with Crippen LogP contribution in [-0.2, 0) is 31.4 Å². The van der Waals surface area contributed by atoms with Crippen LogP contribution in [0.3, 0.4) is 0 Å². The standard InChI is InChI=1S/C13H15N3O2.C2H2O4/c1-11-2-4-12(5-3-11)13(17-6-7-18-13)8-16-10-14-9-15-16;3-1(4)2(5)6/h2-5,9-10H,6-8H2,1H3;(H,3,4)(H,5,6). The van der Waals surface area contributed by atoms with Gasteiger partial charge in [-0.3, -0.25) is 0 Å². The van der Waals surface area contributed by atoms with Crippen molar-refractivity contribution < 1.29 is 29.3 Å². The summed E-state index contributed by atoms with van der Waals surface area (Å²) >= 11 is 0. The molecule has 2 heterocycles. The molecule has 1 aliphatic heterocycles. The molecule has 9 nitrogen and oxygen atoms in total. The first kappa shape index (κ1) is 17.6. The molecule has 0 atom stereocenters. The smallest absolute Gasteiger partial charge is 0.414 e. The zero-order valence-corrected chi connectivity index (χ0v) is 13.0. The van der Waals surface area contributed by atoms with E-state index in [0.29, 0.717) is 19.8 Å². The van der Waals surface area contributed by atoms with Crippen molar-refractivity contribution in [3.63, 3.8) is 0 Å². The minimum Gasteiger partial charge on any atom is -0.473 e. The van der Waals surface area contributed by atoms with Crippen molar-refractivity contribution in [1.82, 2.24) is 14.8 Å². The molecule has 0 unspecified atom stereocenters. The molecule has 1 fully saturated rings. The number of ether oxygens (including phenoxy) is 2. The first-order valence-electron chi connectivity index (χ1n) is 7.07. The van der Waals surface area contributed by atoms with E-state index in [4.69, 9.17) is 29.3 Å². The maximum Gasteiger partial charge on any atom is 0.414 e. The van der Waals surface area contributed by atoms with Crippen LogP contribution < -0.4 is 0 Å². The topological polar surface area (TPSA) is 124 Å². The highest BCUT2D eigenvalue weighted by Crippen LogP contribution is 2.33. The van der Waals surface area contributed by atoms with E-state index in [1.165, 1.54) is 11.9 Å². The molecule has 0 saturated carbocycles. The first-order chi connectivity index (χ1) is 11.4. The second-order valence-corrected chi connectivity index (χ2v) is 5.02. The van der Waals surface area contributed by atoms with Crippen molar-refractivity contribution >= 4 is 11.9 Å². The Kier molecular flexibility index (Phi) is 5.61. The number of aliphatic carboxylic acids is 2. The number of carbonyl (C=O) groups is 2. The Bertz CT molecular complexity index is 666. The van der Waals surface area contributed by atoms with Crippen LogP contribution in [0.15, 0.2) is 36.9 Å². The summed E-state index contributed by atoms with van der Waals surface area (Å²) < 4.78 is 13.4. The van der Waals surface area contributed by atoms with Crippen molar-refractivity contribution in [1.29, 1.82) is 0 Å². The number of nitrogens with zero attached hydrogens (tertiary/aromatic N) is 3. The monoisotopic (exact) mass is 335 g/mol. The van der Waals surface area contributed by atoms with Crippen LogP contribution in [0.4, 0.5) is 0 Å². The van der Waals surface area contributed by atoms with E-state index in [1.807, 2.05) is 12.1 Å². The van der Waals surface area contributed by atoms with Crippen LogP contribution in [0, 0.1) is 6.92 Å². The van der Waals surface area contributed by atoms with Gasteiger partial charge in [-0.15, -0.1) is 0 Å². The van der Waals surface area contributed by atoms with Gasteiger partial charge in [0.25, 0.3) is 0 Å². The second kappa shape index (κ2) is 7.66. The minimum absolute atomic E-state index is 0.510. The number of rotatable bonds is 3. The van der Waals surface area contributed by atoms with Crippen LogP contribution >= 0.6 is 0 Å². The number of carboxylic acid groups (broad SMARTS) is 2. The van der Waals surface area contributed by atoms with E-state index in [1.54, 1.807) is 11.0 Å². The summed E-state index contributed by atoms with van der Waals surface area (Å²) in [6, 6.07) is 8.20. The molecule has 0 radical (unpaired) electrons.